The van der Waals surface area contributed by atoms with Gasteiger partial charge < -0.3 is 14.8 Å². The molecular weight excluding hydrogens is 354 g/mol. The van der Waals surface area contributed by atoms with Crippen LogP contribution in [-0.4, -0.2) is 13.2 Å². The second-order valence-electron chi connectivity index (χ2n) is 4.91. The van der Waals surface area contributed by atoms with Gasteiger partial charge in [0.1, 0.15) is 13.2 Å². The molecule has 21 heavy (non-hydrogen) atoms. The van der Waals surface area contributed by atoms with Gasteiger partial charge in [-0.05, 0) is 24.1 Å². The molecule has 0 aromatic heterocycles. The highest BCUT2D eigenvalue weighted by Crippen LogP contribution is 2.38. The van der Waals surface area contributed by atoms with E-state index in [0.717, 1.165) is 15.9 Å². The highest BCUT2D eigenvalue weighted by atomic mass is 79.9. The SMILES string of the molecule is Cc1ccc(CNc2cc3c(cc2Cl)OCCO3)cc1Br. The molecule has 0 atom stereocenters. The average Bonchev–Trinajstić information content (AvgIpc) is 2.48. The van der Waals surface area contributed by atoms with Gasteiger partial charge in [0.25, 0.3) is 0 Å². The van der Waals surface area contributed by atoms with Crippen molar-refractivity contribution in [3.8, 4) is 11.5 Å². The Morgan fingerprint density at radius 2 is 1.86 bits per heavy atom. The second kappa shape index (κ2) is 6.16. The van der Waals surface area contributed by atoms with E-state index >= 15 is 0 Å². The number of halogens is 2. The third-order valence-electron chi connectivity index (χ3n) is 3.35. The summed E-state index contributed by atoms with van der Waals surface area (Å²) in [6, 6.07) is 9.98. The molecule has 0 spiro atoms. The summed E-state index contributed by atoms with van der Waals surface area (Å²) in [6.45, 7) is 3.89. The number of aryl methyl sites for hydroxylation is 1. The Hall–Kier alpha value is -1.39. The molecule has 0 unspecified atom stereocenters. The molecule has 2 aromatic rings. The Morgan fingerprint density at radius 3 is 2.57 bits per heavy atom. The summed E-state index contributed by atoms with van der Waals surface area (Å²) in [7, 11) is 0. The standard InChI is InChI=1S/C16H15BrClNO2/c1-10-2-3-11(6-12(10)17)9-19-14-8-16-15(7-13(14)18)20-4-5-21-16/h2-3,6-8,19H,4-5,9H2,1H3. The van der Waals surface area contributed by atoms with Crippen LogP contribution in [0.15, 0.2) is 34.8 Å². The molecule has 1 aliphatic rings. The first-order chi connectivity index (χ1) is 10.1. The van der Waals surface area contributed by atoms with E-state index < -0.39 is 0 Å². The molecule has 0 saturated heterocycles. The molecule has 3 rings (SSSR count). The van der Waals surface area contributed by atoms with E-state index in [1.165, 1.54) is 11.1 Å². The van der Waals surface area contributed by atoms with Gasteiger partial charge in [-0.25, -0.2) is 0 Å². The van der Waals surface area contributed by atoms with Crippen molar-refractivity contribution in [3.05, 3.63) is 51.0 Å². The quantitative estimate of drug-likeness (QED) is 0.844. The summed E-state index contributed by atoms with van der Waals surface area (Å²) < 4.78 is 12.2. The number of hydrogen-bond donors (Lipinski definition) is 1. The fourth-order valence-corrected chi connectivity index (χ4v) is 2.79. The van der Waals surface area contributed by atoms with Crippen LogP contribution in [0.1, 0.15) is 11.1 Å². The minimum atomic E-state index is 0.563. The minimum Gasteiger partial charge on any atom is -0.486 e. The van der Waals surface area contributed by atoms with Gasteiger partial charge in [-0.15, -0.1) is 0 Å². The number of ether oxygens (including phenoxy) is 2. The van der Waals surface area contributed by atoms with Crippen LogP contribution in [-0.2, 0) is 6.54 Å². The van der Waals surface area contributed by atoms with E-state index in [-0.39, 0.29) is 0 Å². The van der Waals surface area contributed by atoms with Gasteiger partial charge >= 0.3 is 0 Å². The molecular formula is C16H15BrClNO2. The van der Waals surface area contributed by atoms with E-state index in [1.807, 2.05) is 6.07 Å². The zero-order valence-electron chi connectivity index (χ0n) is 11.6. The Morgan fingerprint density at radius 1 is 1.14 bits per heavy atom. The van der Waals surface area contributed by atoms with Crippen LogP contribution in [0.5, 0.6) is 11.5 Å². The molecule has 0 saturated carbocycles. The first kappa shape index (κ1) is 14.5. The van der Waals surface area contributed by atoms with Crippen LogP contribution in [0.25, 0.3) is 0 Å². The smallest absolute Gasteiger partial charge is 0.163 e. The maximum absolute atomic E-state index is 6.28. The summed E-state index contributed by atoms with van der Waals surface area (Å²) in [5, 5.41) is 3.97. The molecule has 0 fully saturated rings. The maximum Gasteiger partial charge on any atom is 0.163 e. The van der Waals surface area contributed by atoms with Crippen molar-refractivity contribution < 1.29 is 9.47 Å². The Labute approximate surface area is 137 Å². The van der Waals surface area contributed by atoms with Crippen molar-refractivity contribution in [2.24, 2.45) is 0 Å². The molecule has 2 aromatic carbocycles. The van der Waals surface area contributed by atoms with Crippen LogP contribution in [0.4, 0.5) is 5.69 Å². The minimum absolute atomic E-state index is 0.563. The van der Waals surface area contributed by atoms with Crippen LogP contribution in [0, 0.1) is 6.92 Å². The number of nitrogens with one attached hydrogen (secondary N) is 1. The zero-order chi connectivity index (χ0) is 14.8. The molecule has 1 N–H and O–H groups in total. The number of anilines is 1. The summed E-state index contributed by atoms with van der Waals surface area (Å²) >= 11 is 9.82. The van der Waals surface area contributed by atoms with Crippen molar-refractivity contribution in [3.63, 3.8) is 0 Å². The highest BCUT2D eigenvalue weighted by molar-refractivity contribution is 9.10. The van der Waals surface area contributed by atoms with Crippen molar-refractivity contribution in [1.82, 2.24) is 0 Å². The van der Waals surface area contributed by atoms with E-state index in [4.69, 9.17) is 21.1 Å². The average molecular weight is 369 g/mol. The molecule has 0 bridgehead atoms. The predicted molar refractivity (Wildman–Crippen MR) is 88.6 cm³/mol. The fourth-order valence-electron chi connectivity index (χ4n) is 2.14. The van der Waals surface area contributed by atoms with Gasteiger partial charge in [0, 0.05) is 23.2 Å². The summed E-state index contributed by atoms with van der Waals surface area (Å²) in [4.78, 5) is 0. The predicted octanol–water partition coefficient (Wildman–Crippen LogP) is 4.79. The lowest BCUT2D eigenvalue weighted by Gasteiger charge is -2.20. The van der Waals surface area contributed by atoms with Crippen LogP contribution in [0.3, 0.4) is 0 Å². The van der Waals surface area contributed by atoms with Crippen molar-refractivity contribution in [2.45, 2.75) is 13.5 Å². The van der Waals surface area contributed by atoms with E-state index in [0.29, 0.717) is 30.5 Å². The lowest BCUT2D eigenvalue weighted by molar-refractivity contribution is 0.171. The first-order valence-electron chi connectivity index (χ1n) is 6.71. The fraction of sp³-hybridized carbons (Fsp3) is 0.250. The van der Waals surface area contributed by atoms with Gasteiger partial charge in [-0.1, -0.05) is 39.7 Å². The third-order valence-corrected chi connectivity index (χ3v) is 4.52. The Bertz CT molecular complexity index is 676. The molecule has 5 heteroatoms. The maximum atomic E-state index is 6.28. The van der Waals surface area contributed by atoms with Gasteiger partial charge in [-0.2, -0.15) is 0 Å². The second-order valence-corrected chi connectivity index (χ2v) is 6.17. The molecule has 1 heterocycles. The lowest BCUT2D eigenvalue weighted by atomic mass is 10.1. The monoisotopic (exact) mass is 367 g/mol. The molecule has 3 nitrogen and oxygen atoms in total. The van der Waals surface area contributed by atoms with Gasteiger partial charge in [0.2, 0.25) is 0 Å². The Kier molecular flexibility index (Phi) is 4.27. The lowest BCUT2D eigenvalue weighted by Crippen LogP contribution is -2.15. The van der Waals surface area contributed by atoms with Crippen LogP contribution >= 0.6 is 27.5 Å². The number of fused-ring (bicyclic) bond motifs is 1. The number of rotatable bonds is 3. The van der Waals surface area contributed by atoms with Gasteiger partial charge in [-0.3, -0.25) is 0 Å². The van der Waals surface area contributed by atoms with Gasteiger partial charge in [0.05, 0.1) is 10.7 Å². The van der Waals surface area contributed by atoms with Gasteiger partial charge in [0.15, 0.2) is 11.5 Å². The Balaban J connectivity index is 1.77. The molecule has 1 aliphatic heterocycles. The summed E-state index contributed by atoms with van der Waals surface area (Å²) in [5.41, 5.74) is 3.24. The normalized spacial score (nSPS) is 13.1. The first-order valence-corrected chi connectivity index (χ1v) is 7.88. The van der Waals surface area contributed by atoms with E-state index in [1.54, 1.807) is 6.07 Å². The highest BCUT2D eigenvalue weighted by Gasteiger charge is 2.14. The van der Waals surface area contributed by atoms with E-state index in [2.05, 4.69) is 46.4 Å². The van der Waals surface area contributed by atoms with E-state index in [9.17, 15) is 0 Å². The number of benzene rings is 2. The third kappa shape index (κ3) is 3.27. The van der Waals surface area contributed by atoms with Crippen molar-refractivity contribution in [2.75, 3.05) is 18.5 Å². The number of hydrogen-bond acceptors (Lipinski definition) is 3. The van der Waals surface area contributed by atoms with Crippen LogP contribution in [0.2, 0.25) is 5.02 Å². The van der Waals surface area contributed by atoms with Crippen LogP contribution < -0.4 is 14.8 Å². The van der Waals surface area contributed by atoms with Crippen molar-refractivity contribution >= 4 is 33.2 Å². The molecule has 0 aliphatic carbocycles. The summed E-state index contributed by atoms with van der Waals surface area (Å²) in [5.74, 6) is 1.44. The largest absolute Gasteiger partial charge is 0.486 e. The molecule has 0 radical (unpaired) electrons. The topological polar surface area (TPSA) is 30.5 Å². The van der Waals surface area contributed by atoms with Crippen molar-refractivity contribution in [1.29, 1.82) is 0 Å². The molecule has 0 amide bonds. The molecule has 110 valence electrons. The zero-order valence-corrected chi connectivity index (χ0v) is 13.9. The summed E-state index contributed by atoms with van der Waals surface area (Å²) in [6.07, 6.45) is 0.